The lowest BCUT2D eigenvalue weighted by atomic mass is 10.2. The minimum absolute atomic E-state index is 0.0218. The van der Waals surface area contributed by atoms with E-state index in [0.29, 0.717) is 31.3 Å². The molecule has 0 saturated carbocycles. The molecule has 0 bridgehead atoms. The van der Waals surface area contributed by atoms with E-state index in [1.54, 1.807) is 12.4 Å². The van der Waals surface area contributed by atoms with Crippen LogP contribution in [0.1, 0.15) is 22.2 Å². The highest BCUT2D eigenvalue weighted by atomic mass is 16.5. The highest BCUT2D eigenvalue weighted by Gasteiger charge is 2.30. The lowest BCUT2D eigenvalue weighted by Gasteiger charge is -2.33. The molecule has 7 heteroatoms. The Morgan fingerprint density at radius 2 is 2.04 bits per heavy atom. The van der Waals surface area contributed by atoms with Gasteiger partial charge in [-0.15, -0.1) is 0 Å². The number of pyridine rings is 1. The van der Waals surface area contributed by atoms with Gasteiger partial charge >= 0.3 is 0 Å². The van der Waals surface area contributed by atoms with Crippen LogP contribution < -0.4 is 4.74 Å². The number of aromatic amines is 1. The highest BCUT2D eigenvalue weighted by Crippen LogP contribution is 2.24. The average molecular weight is 373 g/mol. The molecule has 1 aliphatic rings. The van der Waals surface area contributed by atoms with Gasteiger partial charge in [0.2, 0.25) is 5.88 Å². The van der Waals surface area contributed by atoms with Crippen LogP contribution in [-0.4, -0.2) is 43.7 Å². The average Bonchev–Trinajstić information content (AvgIpc) is 3.39. The van der Waals surface area contributed by atoms with Crippen molar-refractivity contribution in [3.8, 4) is 5.88 Å². The Kier molecular flexibility index (Phi) is 4.05. The Hall–Kier alpha value is -3.61. The van der Waals surface area contributed by atoms with Gasteiger partial charge in [0.15, 0.2) is 0 Å². The molecule has 7 nitrogen and oxygen atoms in total. The van der Waals surface area contributed by atoms with Crippen LogP contribution in [0.5, 0.6) is 5.88 Å². The van der Waals surface area contributed by atoms with E-state index in [9.17, 15) is 4.79 Å². The van der Waals surface area contributed by atoms with E-state index in [1.807, 2.05) is 64.2 Å². The van der Waals surface area contributed by atoms with E-state index < -0.39 is 0 Å². The van der Waals surface area contributed by atoms with Crippen molar-refractivity contribution < 1.29 is 9.53 Å². The van der Waals surface area contributed by atoms with Crippen LogP contribution in [0.15, 0.2) is 67.0 Å². The predicted molar refractivity (Wildman–Crippen MR) is 104 cm³/mol. The third-order valence-electron chi connectivity index (χ3n) is 4.99. The maximum atomic E-state index is 13.1. The van der Waals surface area contributed by atoms with Crippen molar-refractivity contribution in [2.75, 3.05) is 13.2 Å². The van der Waals surface area contributed by atoms with Crippen molar-refractivity contribution in [3.63, 3.8) is 0 Å². The molecule has 0 aliphatic carbocycles. The molecule has 1 aliphatic heterocycles. The summed E-state index contributed by atoms with van der Waals surface area (Å²) in [7, 11) is 0. The second-order valence-electron chi connectivity index (χ2n) is 6.86. The molecule has 3 aromatic heterocycles. The fourth-order valence-electron chi connectivity index (χ4n) is 3.64. The normalized spacial score (nSPS) is 16.1. The number of carbonyl (C=O) groups is 1. The number of nitrogens with zero attached hydrogens (tertiary/aromatic N) is 4. The lowest BCUT2D eigenvalue weighted by Crippen LogP contribution is -2.43. The zero-order valence-electron chi connectivity index (χ0n) is 15.2. The third kappa shape index (κ3) is 3.00. The maximum absolute atomic E-state index is 13.1. The molecule has 4 aromatic rings. The van der Waals surface area contributed by atoms with Crippen LogP contribution in [0.4, 0.5) is 0 Å². The predicted octanol–water partition coefficient (Wildman–Crippen LogP) is 3.04. The minimum Gasteiger partial charge on any atom is -0.475 e. The number of rotatable bonds is 4. The van der Waals surface area contributed by atoms with Gasteiger partial charge in [0.05, 0.1) is 12.2 Å². The van der Waals surface area contributed by atoms with Crippen LogP contribution in [0, 0.1) is 0 Å². The summed E-state index contributed by atoms with van der Waals surface area (Å²) >= 11 is 0. The van der Waals surface area contributed by atoms with Crippen molar-refractivity contribution in [2.24, 2.45) is 0 Å². The number of hydrogen-bond acceptors (Lipinski definition) is 4. The Morgan fingerprint density at radius 3 is 2.89 bits per heavy atom. The van der Waals surface area contributed by atoms with Crippen molar-refractivity contribution in [1.82, 2.24) is 24.6 Å². The summed E-state index contributed by atoms with van der Waals surface area (Å²) in [5.74, 6) is 0.543. The van der Waals surface area contributed by atoms with Crippen LogP contribution >= 0.6 is 0 Å². The monoisotopic (exact) mass is 373 g/mol. The quantitative estimate of drug-likeness (QED) is 0.597. The Balaban J connectivity index is 1.38. The molecule has 0 radical (unpaired) electrons. The van der Waals surface area contributed by atoms with Crippen molar-refractivity contribution >= 4 is 16.8 Å². The zero-order valence-corrected chi connectivity index (χ0v) is 15.2. The summed E-state index contributed by atoms with van der Waals surface area (Å²) in [4.78, 5) is 22.4. The molecule has 0 saturated heterocycles. The fourth-order valence-corrected chi connectivity index (χ4v) is 3.64. The van der Waals surface area contributed by atoms with Crippen molar-refractivity contribution in [2.45, 2.75) is 12.6 Å². The smallest absolute Gasteiger partial charge is 0.270 e. The number of fused-ring (bicyclic) bond motifs is 2. The number of benzene rings is 1. The van der Waals surface area contributed by atoms with Gasteiger partial charge in [-0.1, -0.05) is 24.3 Å². The third-order valence-corrected chi connectivity index (χ3v) is 4.99. The number of aromatic nitrogens is 4. The first-order valence-corrected chi connectivity index (χ1v) is 9.21. The number of amides is 1. The molecular formula is C21H19N5O2. The molecule has 140 valence electrons. The Bertz CT molecular complexity index is 1090. The van der Waals surface area contributed by atoms with Crippen LogP contribution in [-0.2, 0) is 6.54 Å². The Labute approximate surface area is 161 Å². The van der Waals surface area contributed by atoms with E-state index in [0.717, 1.165) is 16.6 Å². The van der Waals surface area contributed by atoms with E-state index >= 15 is 0 Å². The molecule has 1 atom stereocenters. The summed E-state index contributed by atoms with van der Waals surface area (Å²) in [5, 5.41) is 5.45. The molecule has 1 N–H and O–H groups in total. The molecule has 28 heavy (non-hydrogen) atoms. The van der Waals surface area contributed by atoms with Gasteiger partial charge in [-0.25, -0.2) is 4.98 Å². The summed E-state index contributed by atoms with van der Waals surface area (Å²) in [6.45, 7) is 1.44. The standard InChI is InChI=1S/C21H19N5O2/c27-21(19-11-15-5-1-2-6-18(15)24-19)25-12-16-8-10-23-26(16)17(13-25)14-28-20-7-3-4-9-22-20/h1-11,17,24H,12-14H2. The Morgan fingerprint density at radius 1 is 1.14 bits per heavy atom. The van der Waals surface area contributed by atoms with Crippen LogP contribution in [0.25, 0.3) is 10.9 Å². The summed E-state index contributed by atoms with van der Waals surface area (Å²) < 4.78 is 7.78. The summed E-state index contributed by atoms with van der Waals surface area (Å²) in [5.41, 5.74) is 2.55. The largest absolute Gasteiger partial charge is 0.475 e. The minimum atomic E-state index is -0.0749. The number of hydrogen-bond donors (Lipinski definition) is 1. The molecule has 1 aromatic carbocycles. The first-order chi connectivity index (χ1) is 13.8. The van der Waals surface area contributed by atoms with Gasteiger partial charge in [0.25, 0.3) is 5.91 Å². The number of carbonyl (C=O) groups excluding carboxylic acids is 1. The number of para-hydroxylation sites is 1. The SMILES string of the molecule is O=C(c1cc2ccccc2[nH]1)N1Cc2ccnn2C(COc2ccccn2)C1. The van der Waals surface area contributed by atoms with Gasteiger partial charge < -0.3 is 14.6 Å². The van der Waals surface area contributed by atoms with Crippen LogP contribution in [0.3, 0.4) is 0 Å². The maximum Gasteiger partial charge on any atom is 0.270 e. The van der Waals surface area contributed by atoms with E-state index in [1.165, 1.54) is 0 Å². The molecule has 0 spiro atoms. The second kappa shape index (κ2) is 6.84. The summed E-state index contributed by atoms with van der Waals surface area (Å²) in [6.07, 6.45) is 3.46. The van der Waals surface area contributed by atoms with Crippen molar-refractivity contribution in [3.05, 3.63) is 78.4 Å². The molecule has 4 heterocycles. The lowest BCUT2D eigenvalue weighted by molar-refractivity contribution is 0.0626. The van der Waals surface area contributed by atoms with E-state index in [4.69, 9.17) is 4.74 Å². The zero-order chi connectivity index (χ0) is 18.9. The second-order valence-corrected chi connectivity index (χ2v) is 6.86. The number of ether oxygens (including phenoxy) is 1. The van der Waals surface area contributed by atoms with Gasteiger partial charge in [-0.05, 0) is 24.3 Å². The molecule has 0 fully saturated rings. The van der Waals surface area contributed by atoms with Crippen LogP contribution in [0.2, 0.25) is 0 Å². The molecular weight excluding hydrogens is 354 g/mol. The molecule has 1 amide bonds. The molecule has 1 unspecified atom stereocenters. The number of H-pyrrole nitrogens is 1. The van der Waals surface area contributed by atoms with E-state index in [2.05, 4.69) is 15.1 Å². The van der Waals surface area contributed by atoms with Gasteiger partial charge in [-0.2, -0.15) is 5.10 Å². The first-order valence-electron chi connectivity index (χ1n) is 9.21. The van der Waals surface area contributed by atoms with E-state index in [-0.39, 0.29) is 11.9 Å². The van der Waals surface area contributed by atoms with Gasteiger partial charge in [0.1, 0.15) is 18.3 Å². The summed E-state index contributed by atoms with van der Waals surface area (Å²) in [6, 6.07) is 17.2. The number of nitrogens with one attached hydrogen (secondary N) is 1. The topological polar surface area (TPSA) is 76.0 Å². The fraction of sp³-hybridized carbons (Fsp3) is 0.190. The molecule has 5 rings (SSSR count). The van der Waals surface area contributed by atoms with Gasteiger partial charge in [0, 0.05) is 35.9 Å². The first kappa shape index (κ1) is 16.6. The highest BCUT2D eigenvalue weighted by molar-refractivity contribution is 5.98. The van der Waals surface area contributed by atoms with Gasteiger partial charge in [-0.3, -0.25) is 9.48 Å². The van der Waals surface area contributed by atoms with Crippen molar-refractivity contribution in [1.29, 1.82) is 0 Å².